The Bertz CT molecular complexity index is 1820. The highest BCUT2D eigenvalue weighted by molar-refractivity contribution is 7.19. The lowest BCUT2D eigenvalue weighted by molar-refractivity contribution is -0.116. The summed E-state index contributed by atoms with van der Waals surface area (Å²) in [5.74, 6) is -0.402. The van der Waals surface area contributed by atoms with Crippen molar-refractivity contribution in [3.8, 4) is 21.7 Å². The average molecular weight is 555 g/mol. The van der Waals surface area contributed by atoms with Crippen LogP contribution in [0.2, 0.25) is 10.0 Å². The lowest BCUT2D eigenvalue weighted by Gasteiger charge is -2.06. The molecule has 3 heterocycles. The minimum atomic E-state index is -0.526. The molecule has 0 atom stereocenters. The zero-order valence-corrected chi connectivity index (χ0v) is 22.3. The van der Waals surface area contributed by atoms with E-state index < -0.39 is 17.2 Å². The van der Waals surface area contributed by atoms with Crippen LogP contribution in [0, 0.1) is 6.92 Å². The fraction of sp³-hybridized carbons (Fsp3) is 0.160. The predicted octanol–water partition coefficient (Wildman–Crippen LogP) is 4.48. The van der Waals surface area contributed by atoms with Crippen LogP contribution in [0.4, 0.5) is 5.13 Å². The van der Waals surface area contributed by atoms with Crippen LogP contribution in [0.1, 0.15) is 5.56 Å². The molecule has 2 aromatic carbocycles. The van der Waals surface area contributed by atoms with E-state index in [-0.39, 0.29) is 17.7 Å². The van der Waals surface area contributed by atoms with E-state index in [0.717, 1.165) is 26.1 Å². The van der Waals surface area contributed by atoms with Crippen LogP contribution in [0.15, 0.2) is 58.4 Å². The molecule has 9 nitrogen and oxygen atoms in total. The van der Waals surface area contributed by atoms with Gasteiger partial charge in [0, 0.05) is 19.7 Å². The minimum Gasteiger partial charge on any atom is -0.315 e. The SMILES string of the molecule is Cc1ccccc1-c1sc(NC(=O)Cn2cnc3c2c(=O)n(C)c(=O)n3C)nc1-c1ccc(Cl)c(Cl)c1. The molecule has 0 saturated heterocycles. The molecule has 1 amide bonds. The Hall–Kier alpha value is -3.73. The number of carbonyl (C=O) groups excluding carboxylic acids is 1. The topological polar surface area (TPSA) is 104 Å². The number of aromatic nitrogens is 5. The summed E-state index contributed by atoms with van der Waals surface area (Å²) in [6.45, 7) is 1.81. The smallest absolute Gasteiger partial charge is 0.315 e. The van der Waals surface area contributed by atoms with Gasteiger partial charge in [0.25, 0.3) is 5.56 Å². The number of fused-ring (bicyclic) bond motifs is 1. The van der Waals surface area contributed by atoms with E-state index in [4.69, 9.17) is 28.2 Å². The summed E-state index contributed by atoms with van der Waals surface area (Å²) in [5.41, 5.74) is 2.80. The van der Waals surface area contributed by atoms with Crippen molar-refractivity contribution in [1.29, 1.82) is 0 Å². The van der Waals surface area contributed by atoms with Crippen molar-refractivity contribution in [2.24, 2.45) is 14.1 Å². The number of anilines is 1. The van der Waals surface area contributed by atoms with Crippen LogP contribution in [0.25, 0.3) is 32.9 Å². The molecule has 0 bridgehead atoms. The number of rotatable bonds is 5. The summed E-state index contributed by atoms with van der Waals surface area (Å²) in [7, 11) is 2.91. The van der Waals surface area contributed by atoms with Crippen LogP contribution in [0.3, 0.4) is 0 Å². The van der Waals surface area contributed by atoms with Crippen LogP contribution < -0.4 is 16.6 Å². The molecule has 0 aliphatic rings. The third kappa shape index (κ3) is 4.48. The van der Waals surface area contributed by atoms with Crippen LogP contribution >= 0.6 is 34.5 Å². The number of benzene rings is 2. The summed E-state index contributed by atoms with van der Waals surface area (Å²) in [4.78, 5) is 47.6. The average Bonchev–Trinajstić information content (AvgIpc) is 3.48. The second kappa shape index (κ2) is 9.62. The van der Waals surface area contributed by atoms with E-state index in [1.54, 1.807) is 12.1 Å². The van der Waals surface area contributed by atoms with Crippen molar-refractivity contribution >= 4 is 56.7 Å². The van der Waals surface area contributed by atoms with Gasteiger partial charge in [0.05, 0.1) is 26.9 Å². The van der Waals surface area contributed by atoms with E-state index in [0.29, 0.717) is 20.9 Å². The number of hydrogen-bond donors (Lipinski definition) is 1. The molecule has 0 spiro atoms. The van der Waals surface area contributed by atoms with Crippen LogP contribution in [0.5, 0.6) is 0 Å². The first-order chi connectivity index (χ1) is 17.7. The van der Waals surface area contributed by atoms with Crippen LogP contribution in [-0.4, -0.2) is 29.6 Å². The maximum absolute atomic E-state index is 13.0. The highest BCUT2D eigenvalue weighted by Gasteiger charge is 2.20. The van der Waals surface area contributed by atoms with E-state index >= 15 is 0 Å². The largest absolute Gasteiger partial charge is 0.332 e. The van der Waals surface area contributed by atoms with Gasteiger partial charge in [-0.1, -0.05) is 64.9 Å². The molecule has 0 unspecified atom stereocenters. The summed E-state index contributed by atoms with van der Waals surface area (Å²) >= 11 is 13.7. The van der Waals surface area contributed by atoms with E-state index in [9.17, 15) is 14.4 Å². The second-order valence-corrected chi connectivity index (χ2v) is 10.3. The normalized spacial score (nSPS) is 11.3. The molecule has 3 aromatic heterocycles. The molecule has 0 aliphatic heterocycles. The van der Waals surface area contributed by atoms with Crippen molar-refractivity contribution in [3.63, 3.8) is 0 Å². The molecule has 0 aliphatic carbocycles. The lowest BCUT2D eigenvalue weighted by atomic mass is 10.0. The highest BCUT2D eigenvalue weighted by atomic mass is 35.5. The predicted molar refractivity (Wildman–Crippen MR) is 147 cm³/mol. The fourth-order valence-electron chi connectivity index (χ4n) is 4.05. The van der Waals surface area contributed by atoms with Crippen molar-refractivity contribution in [2.45, 2.75) is 13.5 Å². The molecular weight excluding hydrogens is 535 g/mol. The Morgan fingerprint density at radius 3 is 2.54 bits per heavy atom. The number of thiazole rings is 1. The zero-order valence-electron chi connectivity index (χ0n) is 20.0. The zero-order chi connectivity index (χ0) is 26.4. The molecule has 37 heavy (non-hydrogen) atoms. The van der Waals surface area contributed by atoms with Crippen LogP contribution in [-0.2, 0) is 25.4 Å². The second-order valence-electron chi connectivity index (χ2n) is 8.44. The molecule has 5 rings (SSSR count). The van der Waals surface area contributed by atoms with Gasteiger partial charge in [-0.3, -0.25) is 18.7 Å². The molecule has 12 heteroatoms. The minimum absolute atomic E-state index is 0.163. The molecule has 0 fully saturated rings. The van der Waals surface area contributed by atoms with Gasteiger partial charge >= 0.3 is 5.69 Å². The van der Waals surface area contributed by atoms with E-state index in [1.165, 1.54) is 40.9 Å². The lowest BCUT2D eigenvalue weighted by Crippen LogP contribution is -2.37. The molecular formula is C25H20Cl2N6O3S. The Balaban J connectivity index is 1.52. The standard InChI is InChI=1S/C25H20Cl2N6O3S/c1-13-6-4-5-7-15(13)21-19(14-8-9-16(26)17(27)10-14)30-24(37-21)29-18(34)11-33-12-28-22-20(33)23(35)32(3)25(36)31(22)2/h4-10,12H,11H2,1-3H3,(H,29,30,34). The third-order valence-electron chi connectivity index (χ3n) is 5.99. The summed E-state index contributed by atoms with van der Waals surface area (Å²) in [6.07, 6.45) is 1.37. The Morgan fingerprint density at radius 1 is 1.05 bits per heavy atom. The highest BCUT2D eigenvalue weighted by Crippen LogP contribution is 2.41. The first-order valence-corrected chi connectivity index (χ1v) is 12.7. The molecule has 1 N–H and O–H groups in total. The number of hydrogen-bond acceptors (Lipinski definition) is 6. The van der Waals surface area contributed by atoms with Crippen molar-refractivity contribution in [3.05, 3.63) is 85.2 Å². The van der Waals surface area contributed by atoms with Gasteiger partial charge in [-0.25, -0.2) is 14.8 Å². The summed E-state index contributed by atoms with van der Waals surface area (Å²) < 4.78 is 3.67. The van der Waals surface area contributed by atoms with E-state index in [1.807, 2.05) is 37.3 Å². The molecule has 0 radical (unpaired) electrons. The summed E-state index contributed by atoms with van der Waals surface area (Å²) in [5, 5.41) is 4.05. The first-order valence-electron chi connectivity index (χ1n) is 11.1. The van der Waals surface area contributed by atoms with Gasteiger partial charge in [-0.2, -0.15) is 0 Å². The van der Waals surface area contributed by atoms with Gasteiger partial charge in [-0.15, -0.1) is 0 Å². The number of imidazole rings is 1. The number of aryl methyl sites for hydroxylation is 2. The van der Waals surface area contributed by atoms with Gasteiger partial charge in [0.15, 0.2) is 16.3 Å². The molecule has 5 aromatic rings. The number of carbonyl (C=O) groups is 1. The van der Waals surface area contributed by atoms with Gasteiger partial charge in [0.1, 0.15) is 6.54 Å². The van der Waals surface area contributed by atoms with Gasteiger partial charge < -0.3 is 9.88 Å². The Kier molecular flexibility index (Phi) is 6.49. The Labute approximate surface area is 224 Å². The van der Waals surface area contributed by atoms with Gasteiger partial charge in [-0.05, 0) is 30.2 Å². The van der Waals surface area contributed by atoms with Crippen molar-refractivity contribution < 1.29 is 4.79 Å². The fourth-order valence-corrected chi connectivity index (χ4v) is 5.45. The van der Waals surface area contributed by atoms with E-state index in [2.05, 4.69) is 10.3 Å². The quantitative estimate of drug-likeness (QED) is 0.345. The number of nitrogens with one attached hydrogen (secondary N) is 1. The maximum atomic E-state index is 13.0. The third-order valence-corrected chi connectivity index (χ3v) is 7.73. The monoisotopic (exact) mass is 554 g/mol. The summed E-state index contributed by atoms with van der Waals surface area (Å²) in [6, 6.07) is 13.2. The number of amides is 1. The van der Waals surface area contributed by atoms with Crippen molar-refractivity contribution in [1.82, 2.24) is 23.7 Å². The number of halogens is 2. The molecule has 188 valence electrons. The maximum Gasteiger partial charge on any atom is 0.332 e. The van der Waals surface area contributed by atoms with Crippen molar-refractivity contribution in [2.75, 3.05) is 5.32 Å². The number of nitrogens with zero attached hydrogens (tertiary/aromatic N) is 5. The first kappa shape index (κ1) is 24.9. The Morgan fingerprint density at radius 2 is 1.81 bits per heavy atom. The van der Waals surface area contributed by atoms with Gasteiger partial charge in [0.2, 0.25) is 5.91 Å². The molecule has 0 saturated carbocycles.